The number of nitrogens with one attached hydrogen (secondary N) is 1. The van der Waals surface area contributed by atoms with Gasteiger partial charge in [-0.05, 0) is 46.9 Å². The van der Waals surface area contributed by atoms with E-state index in [2.05, 4.69) is 5.32 Å². The van der Waals surface area contributed by atoms with Gasteiger partial charge in [0.05, 0.1) is 15.8 Å². The lowest BCUT2D eigenvalue weighted by molar-refractivity contribution is -0.139. The molecule has 0 fully saturated rings. The zero-order chi connectivity index (χ0) is 26.8. The van der Waals surface area contributed by atoms with Gasteiger partial charge in [0.25, 0.3) is 0 Å². The first-order valence-corrected chi connectivity index (χ1v) is 14.0. The molecule has 0 aliphatic carbocycles. The molecular weight excluding hydrogens is 530 g/mol. The molecule has 0 aliphatic rings. The van der Waals surface area contributed by atoms with E-state index in [-0.39, 0.29) is 35.8 Å². The fraction of sp³-hybridized carbons (Fsp3) is 0.310. The molecule has 0 spiro atoms. The van der Waals surface area contributed by atoms with E-state index >= 15 is 0 Å². The number of amides is 2. The van der Waals surface area contributed by atoms with Crippen LogP contribution in [-0.2, 0) is 28.3 Å². The number of hydrogen-bond acceptors (Lipinski definition) is 3. The predicted molar refractivity (Wildman–Crippen MR) is 151 cm³/mol. The van der Waals surface area contributed by atoms with Crippen LogP contribution in [0.5, 0.6) is 0 Å². The second kappa shape index (κ2) is 14.4. The van der Waals surface area contributed by atoms with Crippen molar-refractivity contribution in [3.05, 3.63) is 105 Å². The van der Waals surface area contributed by atoms with Crippen LogP contribution in [0.2, 0.25) is 10.0 Å². The number of hydrogen-bond donors (Lipinski definition) is 1. The predicted octanol–water partition coefficient (Wildman–Crippen LogP) is 6.78. The van der Waals surface area contributed by atoms with Gasteiger partial charge in [0.15, 0.2) is 0 Å². The van der Waals surface area contributed by atoms with Crippen molar-refractivity contribution in [2.24, 2.45) is 5.92 Å². The zero-order valence-electron chi connectivity index (χ0n) is 20.9. The molecule has 0 saturated carbocycles. The van der Waals surface area contributed by atoms with Gasteiger partial charge in [-0.1, -0.05) is 85.6 Å². The average Bonchev–Trinajstić information content (AvgIpc) is 2.88. The van der Waals surface area contributed by atoms with Crippen molar-refractivity contribution in [1.29, 1.82) is 0 Å². The van der Waals surface area contributed by atoms with Gasteiger partial charge in [-0.3, -0.25) is 9.59 Å². The summed E-state index contributed by atoms with van der Waals surface area (Å²) in [5, 5.41) is 3.82. The Morgan fingerprint density at radius 3 is 2.24 bits per heavy atom. The number of carbonyl (C=O) groups excluding carboxylic acids is 2. The average molecular weight is 562 g/mol. The van der Waals surface area contributed by atoms with Crippen molar-refractivity contribution >= 4 is 46.8 Å². The van der Waals surface area contributed by atoms with Crippen LogP contribution in [-0.4, -0.2) is 35.1 Å². The molecule has 3 rings (SSSR count). The molecule has 0 bridgehead atoms. The number of benzene rings is 3. The van der Waals surface area contributed by atoms with Crippen molar-refractivity contribution in [1.82, 2.24) is 10.2 Å². The first kappa shape index (κ1) is 29.0. The Kier molecular flexibility index (Phi) is 11.3. The molecule has 0 unspecified atom stereocenters. The van der Waals surface area contributed by atoms with Crippen LogP contribution in [0.15, 0.2) is 72.8 Å². The number of rotatable bonds is 12. The van der Waals surface area contributed by atoms with Gasteiger partial charge in [0.2, 0.25) is 11.8 Å². The molecule has 1 atom stereocenters. The van der Waals surface area contributed by atoms with Gasteiger partial charge in [0.1, 0.15) is 11.9 Å². The second-order valence-corrected chi connectivity index (χ2v) is 11.0. The highest BCUT2D eigenvalue weighted by atomic mass is 35.5. The molecule has 3 aromatic carbocycles. The van der Waals surface area contributed by atoms with E-state index in [0.717, 1.165) is 16.7 Å². The SMILES string of the molecule is CC(C)CNC(=O)[C@@H](Cc1ccccc1)N(Cc1ccc(Cl)c(Cl)c1)C(=O)CSCc1ccc(F)cc1. The number of carbonyl (C=O) groups is 2. The van der Waals surface area contributed by atoms with Crippen LogP contribution < -0.4 is 5.32 Å². The van der Waals surface area contributed by atoms with Gasteiger partial charge < -0.3 is 10.2 Å². The van der Waals surface area contributed by atoms with Crippen molar-refractivity contribution < 1.29 is 14.0 Å². The third-order valence-corrected chi connectivity index (χ3v) is 7.43. The van der Waals surface area contributed by atoms with Gasteiger partial charge in [0, 0.05) is 25.3 Å². The van der Waals surface area contributed by atoms with E-state index in [9.17, 15) is 14.0 Å². The summed E-state index contributed by atoms with van der Waals surface area (Å²) >= 11 is 13.8. The maximum Gasteiger partial charge on any atom is 0.243 e. The Labute approximate surface area is 232 Å². The molecule has 1 N–H and O–H groups in total. The van der Waals surface area contributed by atoms with E-state index in [4.69, 9.17) is 23.2 Å². The molecule has 196 valence electrons. The minimum atomic E-state index is -0.713. The first-order chi connectivity index (χ1) is 17.7. The van der Waals surface area contributed by atoms with Crippen molar-refractivity contribution in [2.75, 3.05) is 12.3 Å². The molecule has 0 aliphatic heterocycles. The van der Waals surface area contributed by atoms with Crippen LogP contribution in [0.25, 0.3) is 0 Å². The molecule has 0 aromatic heterocycles. The standard InChI is InChI=1S/C29H31Cl2FN2O2S/c1-20(2)16-33-29(36)27(15-21-6-4-3-5-7-21)34(17-23-10-13-25(30)26(31)14-23)28(35)19-37-18-22-8-11-24(32)12-9-22/h3-14,20,27H,15-19H2,1-2H3,(H,33,36)/t27-/m1/s1. The Balaban J connectivity index is 1.86. The lowest BCUT2D eigenvalue weighted by Gasteiger charge is -2.32. The largest absolute Gasteiger partial charge is 0.354 e. The summed E-state index contributed by atoms with van der Waals surface area (Å²) in [5.41, 5.74) is 2.66. The third kappa shape index (κ3) is 9.37. The smallest absolute Gasteiger partial charge is 0.243 e. The number of halogens is 3. The summed E-state index contributed by atoms with van der Waals surface area (Å²) in [6.45, 7) is 4.77. The third-order valence-electron chi connectivity index (χ3n) is 5.70. The maximum absolute atomic E-state index is 13.6. The van der Waals surface area contributed by atoms with Gasteiger partial charge in [-0.25, -0.2) is 4.39 Å². The second-order valence-electron chi connectivity index (χ2n) is 9.23. The lowest BCUT2D eigenvalue weighted by atomic mass is 10.0. The molecule has 8 heteroatoms. The quantitative estimate of drug-likeness (QED) is 0.265. The fourth-order valence-corrected chi connectivity index (χ4v) is 4.92. The minimum Gasteiger partial charge on any atom is -0.354 e. The molecular formula is C29H31Cl2FN2O2S. The van der Waals surface area contributed by atoms with E-state index in [1.807, 2.05) is 50.2 Å². The van der Waals surface area contributed by atoms with E-state index in [1.165, 1.54) is 23.9 Å². The van der Waals surface area contributed by atoms with Crippen LogP contribution in [0.1, 0.15) is 30.5 Å². The van der Waals surface area contributed by atoms with E-state index in [1.54, 1.807) is 29.2 Å². The van der Waals surface area contributed by atoms with Gasteiger partial charge >= 0.3 is 0 Å². The first-order valence-electron chi connectivity index (χ1n) is 12.1. The molecule has 3 aromatic rings. The summed E-state index contributed by atoms with van der Waals surface area (Å²) in [6, 6.07) is 20.4. The summed E-state index contributed by atoms with van der Waals surface area (Å²) < 4.78 is 13.2. The highest BCUT2D eigenvalue weighted by molar-refractivity contribution is 7.99. The Bertz CT molecular complexity index is 1180. The van der Waals surface area contributed by atoms with Crippen molar-refractivity contribution in [2.45, 2.75) is 38.6 Å². The van der Waals surface area contributed by atoms with Crippen LogP contribution >= 0.6 is 35.0 Å². The molecule has 0 radical (unpaired) electrons. The molecule has 4 nitrogen and oxygen atoms in total. The zero-order valence-corrected chi connectivity index (χ0v) is 23.3. The number of thioether (sulfide) groups is 1. The molecule has 0 saturated heterocycles. The Hall–Kier alpha value is -2.54. The highest BCUT2D eigenvalue weighted by Crippen LogP contribution is 2.25. The molecule has 0 heterocycles. The summed E-state index contributed by atoms with van der Waals surface area (Å²) in [5.74, 6) is 0.325. The monoisotopic (exact) mass is 560 g/mol. The Morgan fingerprint density at radius 2 is 1.59 bits per heavy atom. The van der Waals surface area contributed by atoms with Crippen molar-refractivity contribution in [3.63, 3.8) is 0 Å². The van der Waals surface area contributed by atoms with Gasteiger partial charge in [-0.2, -0.15) is 0 Å². The highest BCUT2D eigenvalue weighted by Gasteiger charge is 2.30. The summed E-state index contributed by atoms with van der Waals surface area (Å²) in [6.07, 6.45) is 0.375. The number of nitrogens with zero attached hydrogens (tertiary/aromatic N) is 1. The fourth-order valence-electron chi connectivity index (χ4n) is 3.73. The topological polar surface area (TPSA) is 49.4 Å². The van der Waals surface area contributed by atoms with Crippen LogP contribution in [0.4, 0.5) is 4.39 Å². The minimum absolute atomic E-state index is 0.168. The Morgan fingerprint density at radius 1 is 0.919 bits per heavy atom. The van der Waals surface area contributed by atoms with E-state index in [0.29, 0.717) is 28.8 Å². The molecule has 37 heavy (non-hydrogen) atoms. The van der Waals surface area contributed by atoms with Crippen LogP contribution in [0, 0.1) is 11.7 Å². The van der Waals surface area contributed by atoms with Crippen LogP contribution in [0.3, 0.4) is 0 Å². The normalized spacial score (nSPS) is 11.8. The van der Waals surface area contributed by atoms with Crippen molar-refractivity contribution in [3.8, 4) is 0 Å². The van der Waals surface area contributed by atoms with Gasteiger partial charge in [-0.15, -0.1) is 11.8 Å². The maximum atomic E-state index is 13.6. The summed E-state index contributed by atoms with van der Waals surface area (Å²) in [7, 11) is 0. The van der Waals surface area contributed by atoms with E-state index < -0.39 is 6.04 Å². The molecule has 2 amide bonds. The lowest BCUT2D eigenvalue weighted by Crippen LogP contribution is -2.51. The summed E-state index contributed by atoms with van der Waals surface area (Å²) in [4.78, 5) is 28.7.